The molecule has 0 atom stereocenters. The Labute approximate surface area is 117 Å². The maximum Gasteiger partial charge on any atom is 0.295 e. The number of nitrogens with zero attached hydrogens (tertiary/aromatic N) is 2. The van der Waals surface area contributed by atoms with E-state index >= 15 is 0 Å². The van der Waals surface area contributed by atoms with Gasteiger partial charge in [0.15, 0.2) is 5.69 Å². The van der Waals surface area contributed by atoms with E-state index in [-0.39, 0.29) is 10.6 Å². The third kappa shape index (κ3) is 2.77. The van der Waals surface area contributed by atoms with Crippen LogP contribution in [0, 0.1) is 24.0 Å². The molecule has 104 valence electrons. The van der Waals surface area contributed by atoms with Crippen molar-refractivity contribution in [2.24, 2.45) is 0 Å². The fraction of sp³-hybridized carbons (Fsp3) is 0.267. The van der Waals surface area contributed by atoms with Crippen molar-refractivity contribution in [1.29, 1.82) is 0 Å². The lowest BCUT2D eigenvalue weighted by atomic mass is 10.0. The molecule has 1 aromatic carbocycles. The van der Waals surface area contributed by atoms with Gasteiger partial charge in [0.25, 0.3) is 5.69 Å². The molecule has 0 radical (unpaired) electrons. The zero-order chi connectivity index (χ0) is 14.7. The van der Waals surface area contributed by atoms with Crippen LogP contribution >= 0.6 is 0 Å². The average Bonchev–Trinajstić information content (AvgIpc) is 2.41. The molecule has 1 N–H and O–H groups in total. The highest BCUT2D eigenvalue weighted by molar-refractivity contribution is 5.74. The molecule has 20 heavy (non-hydrogen) atoms. The Morgan fingerprint density at radius 2 is 2.00 bits per heavy atom. The largest absolute Gasteiger partial charge is 0.370 e. The highest BCUT2D eigenvalue weighted by Crippen LogP contribution is 2.32. The molecule has 0 unspecified atom stereocenters. The molecule has 0 saturated carbocycles. The van der Waals surface area contributed by atoms with E-state index in [1.807, 2.05) is 39.0 Å². The Morgan fingerprint density at radius 1 is 1.25 bits per heavy atom. The summed E-state index contributed by atoms with van der Waals surface area (Å²) < 4.78 is 0. The fourth-order valence-electron chi connectivity index (χ4n) is 2.07. The SMILES string of the molecule is CCNc1ccc([N+](=O)[O-])c(-c2cc(C)ccc2C)n1. The number of aryl methyl sites for hydroxylation is 2. The molecule has 1 heterocycles. The first-order valence-corrected chi connectivity index (χ1v) is 6.50. The van der Waals surface area contributed by atoms with E-state index in [0.717, 1.165) is 23.2 Å². The maximum absolute atomic E-state index is 11.2. The van der Waals surface area contributed by atoms with E-state index in [0.29, 0.717) is 11.5 Å². The number of hydrogen-bond donors (Lipinski definition) is 1. The number of hydrogen-bond acceptors (Lipinski definition) is 4. The molecule has 0 amide bonds. The van der Waals surface area contributed by atoms with Crippen LogP contribution in [0.5, 0.6) is 0 Å². The van der Waals surface area contributed by atoms with E-state index in [2.05, 4.69) is 10.3 Å². The molecule has 0 fully saturated rings. The van der Waals surface area contributed by atoms with Crippen LogP contribution in [0.3, 0.4) is 0 Å². The van der Waals surface area contributed by atoms with Crippen molar-refractivity contribution in [2.45, 2.75) is 20.8 Å². The number of aromatic nitrogens is 1. The van der Waals surface area contributed by atoms with Gasteiger partial charge in [0, 0.05) is 18.2 Å². The molecular formula is C15H17N3O2. The number of nitrogens with one attached hydrogen (secondary N) is 1. The van der Waals surface area contributed by atoms with Gasteiger partial charge in [-0.2, -0.15) is 0 Å². The molecule has 5 nitrogen and oxygen atoms in total. The molecule has 2 aromatic rings. The molecule has 1 aromatic heterocycles. The Hall–Kier alpha value is -2.43. The number of anilines is 1. The van der Waals surface area contributed by atoms with Gasteiger partial charge >= 0.3 is 0 Å². The number of nitro groups is 1. The summed E-state index contributed by atoms with van der Waals surface area (Å²) in [7, 11) is 0. The Bertz CT molecular complexity index is 654. The van der Waals surface area contributed by atoms with Gasteiger partial charge < -0.3 is 5.32 Å². The minimum absolute atomic E-state index is 0.0281. The lowest BCUT2D eigenvalue weighted by Gasteiger charge is -2.09. The quantitative estimate of drug-likeness (QED) is 0.680. The zero-order valence-electron chi connectivity index (χ0n) is 11.8. The molecular weight excluding hydrogens is 254 g/mol. The van der Waals surface area contributed by atoms with Crippen LogP contribution in [0.1, 0.15) is 18.1 Å². The van der Waals surface area contributed by atoms with Crippen LogP contribution < -0.4 is 5.32 Å². The normalized spacial score (nSPS) is 10.3. The summed E-state index contributed by atoms with van der Waals surface area (Å²) in [4.78, 5) is 15.2. The second-order valence-electron chi connectivity index (χ2n) is 4.67. The Balaban J connectivity index is 2.65. The highest BCUT2D eigenvalue weighted by atomic mass is 16.6. The second-order valence-corrected chi connectivity index (χ2v) is 4.67. The maximum atomic E-state index is 11.2. The minimum atomic E-state index is -0.389. The highest BCUT2D eigenvalue weighted by Gasteiger charge is 2.19. The Morgan fingerprint density at radius 3 is 2.65 bits per heavy atom. The predicted octanol–water partition coefficient (Wildman–Crippen LogP) is 3.71. The lowest BCUT2D eigenvalue weighted by molar-refractivity contribution is -0.384. The van der Waals surface area contributed by atoms with Crippen LogP contribution in [0.2, 0.25) is 0 Å². The van der Waals surface area contributed by atoms with Crippen molar-refractivity contribution in [3.8, 4) is 11.3 Å². The lowest BCUT2D eigenvalue weighted by Crippen LogP contribution is -2.03. The third-order valence-corrected chi connectivity index (χ3v) is 3.08. The van der Waals surface area contributed by atoms with Gasteiger partial charge in [-0.1, -0.05) is 17.7 Å². The summed E-state index contributed by atoms with van der Waals surface area (Å²) in [6.45, 7) is 6.57. The molecule has 0 aliphatic carbocycles. The first-order chi connectivity index (χ1) is 9.52. The Kier molecular flexibility index (Phi) is 3.98. The molecule has 0 aliphatic rings. The summed E-state index contributed by atoms with van der Waals surface area (Å²) in [5.74, 6) is 0.647. The fourth-order valence-corrected chi connectivity index (χ4v) is 2.07. The van der Waals surface area contributed by atoms with Crippen LogP contribution in [-0.2, 0) is 0 Å². The van der Waals surface area contributed by atoms with Crippen molar-refractivity contribution in [2.75, 3.05) is 11.9 Å². The van der Waals surface area contributed by atoms with Crippen molar-refractivity contribution in [3.63, 3.8) is 0 Å². The van der Waals surface area contributed by atoms with Crippen LogP contribution in [0.4, 0.5) is 11.5 Å². The summed E-state index contributed by atoms with van der Waals surface area (Å²) in [5.41, 5.74) is 3.27. The molecule has 0 saturated heterocycles. The standard InChI is InChI=1S/C15H17N3O2/c1-4-16-14-8-7-13(18(19)20)15(17-14)12-9-10(2)5-6-11(12)3/h5-9H,4H2,1-3H3,(H,16,17). The summed E-state index contributed by atoms with van der Waals surface area (Å²) in [5, 5.41) is 14.3. The average molecular weight is 271 g/mol. The number of pyridine rings is 1. The molecule has 2 rings (SSSR count). The van der Waals surface area contributed by atoms with Gasteiger partial charge in [0.1, 0.15) is 5.82 Å². The van der Waals surface area contributed by atoms with E-state index in [1.165, 1.54) is 6.07 Å². The van der Waals surface area contributed by atoms with Crippen molar-refractivity contribution < 1.29 is 4.92 Å². The molecule has 0 spiro atoms. The molecule has 0 aliphatic heterocycles. The summed E-state index contributed by atoms with van der Waals surface area (Å²) in [6, 6.07) is 9.01. The number of benzene rings is 1. The topological polar surface area (TPSA) is 68.1 Å². The van der Waals surface area contributed by atoms with Crippen LogP contribution in [0.25, 0.3) is 11.3 Å². The van der Waals surface area contributed by atoms with Crippen LogP contribution in [-0.4, -0.2) is 16.5 Å². The third-order valence-electron chi connectivity index (χ3n) is 3.08. The second kappa shape index (κ2) is 5.69. The number of rotatable bonds is 4. The van der Waals surface area contributed by atoms with Crippen molar-refractivity contribution in [3.05, 3.63) is 51.6 Å². The van der Waals surface area contributed by atoms with E-state index in [9.17, 15) is 10.1 Å². The van der Waals surface area contributed by atoms with E-state index in [1.54, 1.807) is 6.07 Å². The first kappa shape index (κ1) is 14.0. The predicted molar refractivity (Wildman–Crippen MR) is 80.0 cm³/mol. The smallest absolute Gasteiger partial charge is 0.295 e. The monoisotopic (exact) mass is 271 g/mol. The van der Waals surface area contributed by atoms with Gasteiger partial charge in [-0.25, -0.2) is 4.98 Å². The first-order valence-electron chi connectivity index (χ1n) is 6.50. The van der Waals surface area contributed by atoms with Gasteiger partial charge in [0.05, 0.1) is 4.92 Å². The van der Waals surface area contributed by atoms with Gasteiger partial charge in [-0.15, -0.1) is 0 Å². The van der Waals surface area contributed by atoms with Gasteiger partial charge in [-0.05, 0) is 38.5 Å². The van der Waals surface area contributed by atoms with E-state index < -0.39 is 0 Å². The van der Waals surface area contributed by atoms with Gasteiger partial charge in [-0.3, -0.25) is 10.1 Å². The van der Waals surface area contributed by atoms with Crippen molar-refractivity contribution >= 4 is 11.5 Å². The van der Waals surface area contributed by atoms with Crippen molar-refractivity contribution in [1.82, 2.24) is 4.98 Å². The zero-order valence-corrected chi connectivity index (χ0v) is 11.8. The van der Waals surface area contributed by atoms with Gasteiger partial charge in [0.2, 0.25) is 0 Å². The van der Waals surface area contributed by atoms with E-state index in [4.69, 9.17) is 0 Å². The minimum Gasteiger partial charge on any atom is -0.370 e. The summed E-state index contributed by atoms with van der Waals surface area (Å²) in [6.07, 6.45) is 0. The van der Waals surface area contributed by atoms with Crippen LogP contribution in [0.15, 0.2) is 30.3 Å². The molecule has 5 heteroatoms. The molecule has 0 bridgehead atoms. The summed E-state index contributed by atoms with van der Waals surface area (Å²) >= 11 is 0.